The lowest BCUT2D eigenvalue weighted by atomic mass is 10.0. The molecule has 0 unspecified atom stereocenters. The van der Waals surface area contributed by atoms with E-state index in [-0.39, 0.29) is 6.09 Å². The minimum atomic E-state index is -0.555. The Kier molecular flexibility index (Phi) is 8.56. The molecule has 2 aromatic carbocycles. The number of hydrogen-bond donors (Lipinski definition) is 0. The molecular weight excluding hydrogens is 512 g/mol. The molecule has 1 fully saturated rings. The molecule has 40 heavy (non-hydrogen) atoms. The maximum atomic E-state index is 12.8. The monoisotopic (exact) mass is 550 g/mol. The lowest BCUT2D eigenvalue weighted by molar-refractivity contribution is 0.0357. The van der Waals surface area contributed by atoms with Crippen molar-refractivity contribution in [2.45, 2.75) is 45.6 Å². The maximum Gasteiger partial charge on any atom is 0.414 e. The summed E-state index contributed by atoms with van der Waals surface area (Å²) in [5.74, 6) is 2.28. The van der Waals surface area contributed by atoms with Crippen molar-refractivity contribution >= 4 is 22.7 Å². The third-order valence-electron chi connectivity index (χ3n) is 6.86. The van der Waals surface area contributed by atoms with E-state index in [1.54, 1.807) is 12.0 Å². The number of anilines is 1. The van der Waals surface area contributed by atoms with E-state index in [0.29, 0.717) is 47.2 Å². The molecule has 10 heteroatoms. The SMILES string of the molecule is COc1cc2c(Oc3ccc4c(c3)CCCN4C(=O)OC(C)(C)C)ncnc2cc1OCCCN1CCOCC1. The number of benzene rings is 2. The quantitative estimate of drug-likeness (QED) is 0.350. The van der Waals surface area contributed by atoms with Crippen LogP contribution in [-0.2, 0) is 15.9 Å². The Balaban J connectivity index is 1.30. The Morgan fingerprint density at radius 1 is 1.05 bits per heavy atom. The highest BCUT2D eigenvalue weighted by atomic mass is 16.6. The zero-order valence-electron chi connectivity index (χ0n) is 23.8. The van der Waals surface area contributed by atoms with Crippen molar-refractivity contribution in [3.63, 3.8) is 0 Å². The summed E-state index contributed by atoms with van der Waals surface area (Å²) in [6.45, 7) is 11.3. The van der Waals surface area contributed by atoms with Crippen LogP contribution in [0.4, 0.5) is 10.5 Å². The molecule has 0 radical (unpaired) electrons. The van der Waals surface area contributed by atoms with Crippen molar-refractivity contribution in [3.8, 4) is 23.1 Å². The van der Waals surface area contributed by atoms with Crippen LogP contribution in [0.25, 0.3) is 10.9 Å². The second-order valence-electron chi connectivity index (χ2n) is 11.0. The molecule has 1 amide bonds. The number of hydrogen-bond acceptors (Lipinski definition) is 9. The number of methoxy groups -OCH3 is 1. The molecule has 5 rings (SSSR count). The summed E-state index contributed by atoms with van der Waals surface area (Å²) in [6.07, 6.45) is 3.74. The highest BCUT2D eigenvalue weighted by Crippen LogP contribution is 2.38. The van der Waals surface area contributed by atoms with E-state index in [1.807, 2.05) is 51.1 Å². The molecule has 1 aromatic heterocycles. The van der Waals surface area contributed by atoms with Gasteiger partial charge < -0.3 is 23.7 Å². The first-order valence-electron chi connectivity index (χ1n) is 13.9. The van der Waals surface area contributed by atoms with Crippen molar-refractivity contribution in [3.05, 3.63) is 42.2 Å². The summed E-state index contributed by atoms with van der Waals surface area (Å²) in [5.41, 5.74) is 2.01. The summed E-state index contributed by atoms with van der Waals surface area (Å²) in [5, 5.41) is 0.716. The first-order chi connectivity index (χ1) is 19.3. The average Bonchev–Trinajstić information content (AvgIpc) is 2.94. The molecule has 0 atom stereocenters. The Morgan fingerprint density at radius 2 is 1.88 bits per heavy atom. The number of amides is 1. The van der Waals surface area contributed by atoms with Crippen LogP contribution in [0.5, 0.6) is 23.1 Å². The van der Waals surface area contributed by atoms with Gasteiger partial charge in [0.1, 0.15) is 17.7 Å². The second kappa shape index (κ2) is 12.3. The van der Waals surface area contributed by atoms with Gasteiger partial charge in [-0.1, -0.05) is 0 Å². The summed E-state index contributed by atoms with van der Waals surface area (Å²) in [6, 6.07) is 9.43. The zero-order chi connectivity index (χ0) is 28.1. The van der Waals surface area contributed by atoms with E-state index < -0.39 is 5.60 Å². The zero-order valence-corrected chi connectivity index (χ0v) is 23.8. The predicted octanol–water partition coefficient (Wildman–Crippen LogP) is 5.22. The summed E-state index contributed by atoms with van der Waals surface area (Å²) >= 11 is 0. The molecule has 214 valence electrons. The van der Waals surface area contributed by atoms with Crippen LogP contribution in [0.1, 0.15) is 39.2 Å². The van der Waals surface area contributed by atoms with Crippen LogP contribution < -0.4 is 19.1 Å². The lowest BCUT2D eigenvalue weighted by Gasteiger charge is -2.31. The van der Waals surface area contributed by atoms with E-state index in [4.69, 9.17) is 23.7 Å². The van der Waals surface area contributed by atoms with Crippen molar-refractivity contribution in [2.24, 2.45) is 0 Å². The minimum Gasteiger partial charge on any atom is -0.493 e. The number of carbonyl (C=O) groups excluding carboxylic acids is 1. The summed E-state index contributed by atoms with van der Waals surface area (Å²) in [4.78, 5) is 25.7. The maximum absolute atomic E-state index is 12.8. The molecule has 0 N–H and O–H groups in total. The number of fused-ring (bicyclic) bond motifs is 2. The molecule has 10 nitrogen and oxygen atoms in total. The number of carbonyl (C=O) groups is 1. The van der Waals surface area contributed by atoms with Gasteiger partial charge in [-0.05, 0) is 69.9 Å². The lowest BCUT2D eigenvalue weighted by Crippen LogP contribution is -2.39. The first kappa shape index (κ1) is 27.9. The number of ether oxygens (including phenoxy) is 5. The van der Waals surface area contributed by atoms with Gasteiger partial charge in [0.25, 0.3) is 0 Å². The average molecular weight is 551 g/mol. The molecule has 2 aliphatic rings. The van der Waals surface area contributed by atoms with E-state index in [0.717, 1.165) is 63.4 Å². The number of nitrogens with zero attached hydrogens (tertiary/aromatic N) is 4. The molecular formula is C30H38N4O6. The second-order valence-corrected chi connectivity index (χ2v) is 11.0. The van der Waals surface area contributed by atoms with Crippen LogP contribution >= 0.6 is 0 Å². The van der Waals surface area contributed by atoms with Gasteiger partial charge in [-0.15, -0.1) is 0 Å². The standard InChI is InChI=1S/C30H38N4O6/c1-30(2,3)40-29(35)34-11-5-7-21-17-22(8-9-25(21)34)39-28-23-18-26(36-4)27(19-24(23)31-20-32-28)38-14-6-10-33-12-15-37-16-13-33/h8-9,17-20H,5-7,10-16H2,1-4H3. The Morgan fingerprint density at radius 3 is 2.65 bits per heavy atom. The minimum absolute atomic E-state index is 0.338. The highest BCUT2D eigenvalue weighted by Gasteiger charge is 2.27. The molecule has 1 saturated heterocycles. The van der Waals surface area contributed by atoms with Gasteiger partial charge in [-0.3, -0.25) is 9.80 Å². The van der Waals surface area contributed by atoms with Crippen LogP contribution in [-0.4, -0.2) is 79.7 Å². The number of morpholine rings is 1. The molecule has 0 spiro atoms. The fourth-order valence-corrected chi connectivity index (χ4v) is 4.94. The number of aromatic nitrogens is 2. The summed E-state index contributed by atoms with van der Waals surface area (Å²) < 4.78 is 29.0. The number of rotatable bonds is 8. The third kappa shape index (κ3) is 6.74. The molecule has 0 aliphatic carbocycles. The highest BCUT2D eigenvalue weighted by molar-refractivity contribution is 5.90. The van der Waals surface area contributed by atoms with E-state index in [2.05, 4.69) is 14.9 Å². The van der Waals surface area contributed by atoms with Crippen molar-refractivity contribution in [1.82, 2.24) is 14.9 Å². The third-order valence-corrected chi connectivity index (χ3v) is 6.86. The van der Waals surface area contributed by atoms with Crippen LogP contribution in [0.2, 0.25) is 0 Å². The molecule has 3 heterocycles. The van der Waals surface area contributed by atoms with Crippen molar-refractivity contribution in [2.75, 3.05) is 58.0 Å². The van der Waals surface area contributed by atoms with Crippen LogP contribution in [0, 0.1) is 0 Å². The molecule has 0 bridgehead atoms. The number of aryl methyl sites for hydroxylation is 1. The van der Waals surface area contributed by atoms with Gasteiger partial charge in [0.2, 0.25) is 5.88 Å². The largest absolute Gasteiger partial charge is 0.493 e. The normalized spacial score (nSPS) is 15.9. The Bertz CT molecular complexity index is 1340. The first-order valence-corrected chi connectivity index (χ1v) is 13.9. The van der Waals surface area contributed by atoms with E-state index >= 15 is 0 Å². The topological polar surface area (TPSA) is 95.5 Å². The van der Waals surface area contributed by atoms with Crippen LogP contribution in [0.3, 0.4) is 0 Å². The van der Waals surface area contributed by atoms with Gasteiger partial charge in [0, 0.05) is 32.2 Å². The van der Waals surface area contributed by atoms with Gasteiger partial charge >= 0.3 is 6.09 Å². The smallest absolute Gasteiger partial charge is 0.414 e. The van der Waals surface area contributed by atoms with Crippen molar-refractivity contribution < 1.29 is 28.5 Å². The van der Waals surface area contributed by atoms with Gasteiger partial charge in [0.15, 0.2) is 11.5 Å². The van der Waals surface area contributed by atoms with Crippen LogP contribution in [0.15, 0.2) is 36.7 Å². The Labute approximate surface area is 235 Å². The summed E-state index contributed by atoms with van der Waals surface area (Å²) in [7, 11) is 1.62. The van der Waals surface area contributed by atoms with Crippen molar-refractivity contribution in [1.29, 1.82) is 0 Å². The molecule has 2 aliphatic heterocycles. The Hall–Kier alpha value is -3.63. The fraction of sp³-hybridized carbons (Fsp3) is 0.500. The van der Waals surface area contributed by atoms with E-state index in [9.17, 15) is 4.79 Å². The molecule has 0 saturated carbocycles. The van der Waals surface area contributed by atoms with Gasteiger partial charge in [-0.2, -0.15) is 0 Å². The molecule has 3 aromatic rings. The van der Waals surface area contributed by atoms with Gasteiger partial charge in [0.05, 0.1) is 43.5 Å². The predicted molar refractivity (Wildman–Crippen MR) is 152 cm³/mol. The van der Waals surface area contributed by atoms with Gasteiger partial charge in [-0.25, -0.2) is 14.8 Å². The fourth-order valence-electron chi connectivity index (χ4n) is 4.94. The van der Waals surface area contributed by atoms with E-state index in [1.165, 1.54) is 6.33 Å².